The van der Waals surface area contributed by atoms with Crippen molar-refractivity contribution in [1.82, 2.24) is 0 Å². The lowest BCUT2D eigenvalue weighted by Crippen LogP contribution is -2.30. The fourth-order valence-corrected chi connectivity index (χ4v) is 4.34. The van der Waals surface area contributed by atoms with Gasteiger partial charge in [0.2, 0.25) is 0 Å². The molecule has 0 bridgehead atoms. The van der Waals surface area contributed by atoms with Gasteiger partial charge in [-0.1, -0.05) is 51.8 Å². The number of hydrogen-bond acceptors (Lipinski definition) is 2. The molecule has 4 rings (SSSR count). The van der Waals surface area contributed by atoms with E-state index in [2.05, 4.69) is 45.5 Å². The zero-order chi connectivity index (χ0) is 16.8. The second-order valence-corrected chi connectivity index (χ2v) is 7.54. The molecule has 0 aromatic heterocycles. The third-order valence-electron chi connectivity index (χ3n) is 4.93. The number of hydrogen-bond donors (Lipinski definition) is 2. The Balaban J connectivity index is 1.86. The minimum atomic E-state index is -0.911. The summed E-state index contributed by atoms with van der Waals surface area (Å²) in [7, 11) is 0. The van der Waals surface area contributed by atoms with E-state index in [9.17, 15) is 9.90 Å². The third kappa shape index (κ3) is 2.45. The molecule has 122 valence electrons. The summed E-state index contributed by atoms with van der Waals surface area (Å²) in [5.41, 5.74) is 3.07. The fraction of sp³-hybridized carbons (Fsp3) is 0.211. The first-order valence-corrected chi connectivity index (χ1v) is 8.97. The Morgan fingerprint density at radius 1 is 1.21 bits per heavy atom. The van der Waals surface area contributed by atoms with Crippen LogP contribution in [0.2, 0.25) is 5.02 Å². The van der Waals surface area contributed by atoms with Crippen molar-refractivity contribution in [3.63, 3.8) is 0 Å². The Morgan fingerprint density at radius 2 is 1.96 bits per heavy atom. The van der Waals surface area contributed by atoms with Crippen molar-refractivity contribution in [2.75, 3.05) is 5.32 Å². The lowest BCUT2D eigenvalue weighted by molar-refractivity contribution is 0.0695. The van der Waals surface area contributed by atoms with Crippen molar-refractivity contribution < 1.29 is 9.90 Å². The van der Waals surface area contributed by atoms with Crippen molar-refractivity contribution in [1.29, 1.82) is 0 Å². The van der Waals surface area contributed by atoms with E-state index in [0.717, 1.165) is 22.1 Å². The Morgan fingerprint density at radius 3 is 2.67 bits per heavy atom. The van der Waals surface area contributed by atoms with Gasteiger partial charge in [-0.3, -0.25) is 0 Å². The van der Waals surface area contributed by atoms with E-state index in [1.807, 2.05) is 12.1 Å². The van der Waals surface area contributed by atoms with Gasteiger partial charge in [0.15, 0.2) is 0 Å². The number of carboxylic acid groups (broad SMARTS) is 1. The number of rotatable bonds is 2. The maximum absolute atomic E-state index is 11.7. The van der Waals surface area contributed by atoms with E-state index in [1.54, 1.807) is 12.1 Å². The molecule has 2 aliphatic rings. The van der Waals surface area contributed by atoms with Crippen molar-refractivity contribution in [2.45, 2.75) is 18.4 Å². The van der Waals surface area contributed by atoms with Crippen LogP contribution in [0.15, 0.2) is 53.0 Å². The van der Waals surface area contributed by atoms with Gasteiger partial charge in [0.25, 0.3) is 0 Å². The average Bonchev–Trinajstić information content (AvgIpc) is 3.05. The standard InChI is InChI=1S/C19H15BrClNO2/c20-11-6-4-10(5-7-11)17-13-3-1-2-12(13)16-14(19(23)24)8-9-15(21)18(16)22-17/h1-2,4-9,12-13,17,22H,3H2,(H,23,24)/t12-,13-,17+/m1/s1. The molecule has 3 nitrogen and oxygen atoms in total. The molecule has 1 heterocycles. The second-order valence-electron chi connectivity index (χ2n) is 6.22. The third-order valence-corrected chi connectivity index (χ3v) is 5.77. The first-order valence-electron chi connectivity index (χ1n) is 7.80. The van der Waals surface area contributed by atoms with Crippen LogP contribution in [0.4, 0.5) is 5.69 Å². The van der Waals surface area contributed by atoms with Gasteiger partial charge in [-0.25, -0.2) is 4.79 Å². The number of aromatic carboxylic acids is 1. The van der Waals surface area contributed by atoms with Gasteiger partial charge >= 0.3 is 5.97 Å². The zero-order valence-corrected chi connectivity index (χ0v) is 15.0. The van der Waals surface area contributed by atoms with E-state index < -0.39 is 5.97 Å². The quantitative estimate of drug-likeness (QED) is 0.638. The van der Waals surface area contributed by atoms with Gasteiger partial charge in [-0.2, -0.15) is 0 Å². The molecule has 1 aliphatic carbocycles. The van der Waals surface area contributed by atoms with Crippen LogP contribution in [-0.4, -0.2) is 11.1 Å². The van der Waals surface area contributed by atoms with Gasteiger partial charge < -0.3 is 10.4 Å². The molecule has 0 saturated heterocycles. The topological polar surface area (TPSA) is 49.3 Å². The summed E-state index contributed by atoms with van der Waals surface area (Å²) < 4.78 is 1.04. The first-order chi connectivity index (χ1) is 11.6. The number of carboxylic acids is 1. The molecule has 24 heavy (non-hydrogen) atoms. The molecule has 2 N–H and O–H groups in total. The molecule has 0 amide bonds. The van der Waals surface area contributed by atoms with Crippen LogP contribution in [0.5, 0.6) is 0 Å². The SMILES string of the molecule is O=C(O)c1ccc(Cl)c2c1[C@@H]1C=CC[C@H]1[C@H](c1ccc(Br)cc1)N2. The highest BCUT2D eigenvalue weighted by molar-refractivity contribution is 9.10. The van der Waals surface area contributed by atoms with E-state index in [0.29, 0.717) is 10.6 Å². The molecule has 2 aromatic carbocycles. The number of allylic oxidation sites excluding steroid dienone is 2. The van der Waals surface area contributed by atoms with Gasteiger partial charge in [0.05, 0.1) is 22.3 Å². The van der Waals surface area contributed by atoms with E-state index in [-0.39, 0.29) is 17.9 Å². The summed E-state index contributed by atoms with van der Waals surface area (Å²) >= 11 is 9.87. The van der Waals surface area contributed by atoms with Crippen molar-refractivity contribution >= 4 is 39.2 Å². The van der Waals surface area contributed by atoms with Crippen LogP contribution >= 0.6 is 27.5 Å². The molecule has 5 heteroatoms. The van der Waals surface area contributed by atoms with Crippen LogP contribution in [0.25, 0.3) is 0 Å². The molecule has 0 spiro atoms. The summed E-state index contributed by atoms with van der Waals surface area (Å²) in [6, 6.07) is 11.6. The van der Waals surface area contributed by atoms with Crippen LogP contribution < -0.4 is 5.32 Å². The number of halogens is 2. The minimum Gasteiger partial charge on any atom is -0.478 e. The monoisotopic (exact) mass is 403 g/mol. The highest BCUT2D eigenvalue weighted by Gasteiger charge is 2.40. The number of benzene rings is 2. The molecular formula is C19H15BrClNO2. The van der Waals surface area contributed by atoms with Crippen molar-refractivity contribution in [3.05, 3.63) is 74.7 Å². The van der Waals surface area contributed by atoms with E-state index in [4.69, 9.17) is 11.6 Å². The molecule has 0 unspecified atom stereocenters. The molecule has 0 radical (unpaired) electrons. The lowest BCUT2D eigenvalue weighted by Gasteiger charge is -2.38. The summed E-state index contributed by atoms with van der Waals surface area (Å²) in [5, 5.41) is 13.6. The highest BCUT2D eigenvalue weighted by atomic mass is 79.9. The molecule has 0 saturated carbocycles. The molecular weight excluding hydrogens is 390 g/mol. The van der Waals surface area contributed by atoms with Crippen LogP contribution in [-0.2, 0) is 0 Å². The van der Waals surface area contributed by atoms with Crippen LogP contribution in [0.3, 0.4) is 0 Å². The molecule has 2 aromatic rings. The largest absolute Gasteiger partial charge is 0.478 e. The zero-order valence-electron chi connectivity index (χ0n) is 12.7. The lowest BCUT2D eigenvalue weighted by atomic mass is 9.75. The summed E-state index contributed by atoms with van der Waals surface area (Å²) in [6.45, 7) is 0. The first kappa shape index (κ1) is 15.7. The minimum absolute atomic E-state index is 0.0692. The van der Waals surface area contributed by atoms with Crippen LogP contribution in [0.1, 0.15) is 39.9 Å². The van der Waals surface area contributed by atoms with Gasteiger partial charge in [-0.15, -0.1) is 0 Å². The number of nitrogens with one attached hydrogen (secondary N) is 1. The summed E-state index contributed by atoms with van der Waals surface area (Å²) in [4.78, 5) is 11.7. The second kappa shape index (κ2) is 5.94. The van der Waals surface area contributed by atoms with Gasteiger partial charge in [-0.05, 0) is 47.7 Å². The number of fused-ring (bicyclic) bond motifs is 3. The highest BCUT2D eigenvalue weighted by Crippen LogP contribution is 2.52. The smallest absolute Gasteiger partial charge is 0.336 e. The van der Waals surface area contributed by atoms with Gasteiger partial charge in [0.1, 0.15) is 0 Å². The van der Waals surface area contributed by atoms with Crippen molar-refractivity contribution in [2.24, 2.45) is 5.92 Å². The normalized spacial score (nSPS) is 24.2. The fourth-order valence-electron chi connectivity index (χ4n) is 3.86. The van der Waals surface area contributed by atoms with E-state index in [1.165, 1.54) is 5.56 Å². The molecule has 1 aliphatic heterocycles. The summed E-state index contributed by atoms with van der Waals surface area (Å²) in [6.07, 6.45) is 5.19. The average molecular weight is 405 g/mol. The Kier molecular flexibility index (Phi) is 3.89. The van der Waals surface area contributed by atoms with Crippen molar-refractivity contribution in [3.8, 4) is 0 Å². The maximum atomic E-state index is 11.7. The van der Waals surface area contributed by atoms with Gasteiger partial charge in [0, 0.05) is 10.4 Å². The van der Waals surface area contributed by atoms with E-state index >= 15 is 0 Å². The molecule has 0 fully saturated rings. The van der Waals surface area contributed by atoms with Crippen LogP contribution in [0, 0.1) is 5.92 Å². The Bertz CT molecular complexity index is 847. The molecule has 3 atom stereocenters. The Hall–Kier alpha value is -1.78. The summed E-state index contributed by atoms with van der Waals surface area (Å²) in [5.74, 6) is -0.555. The predicted molar refractivity (Wildman–Crippen MR) is 98.9 cm³/mol. The Labute approximate surface area is 153 Å². The number of anilines is 1. The maximum Gasteiger partial charge on any atom is 0.336 e. The predicted octanol–water partition coefficient (Wildman–Crippen LogP) is 5.63. The number of carbonyl (C=O) groups is 1.